The van der Waals surface area contributed by atoms with Gasteiger partial charge in [0.25, 0.3) is 0 Å². The predicted octanol–water partition coefficient (Wildman–Crippen LogP) is 1.84. The van der Waals surface area contributed by atoms with Gasteiger partial charge in [0.1, 0.15) is 5.75 Å². The van der Waals surface area contributed by atoms with Gasteiger partial charge in [-0.2, -0.15) is 0 Å². The van der Waals surface area contributed by atoms with E-state index in [4.69, 9.17) is 10.5 Å². The maximum atomic E-state index is 9.78. The average Bonchev–Trinajstić information content (AvgIpc) is 2.17. The number of methoxy groups -OCH3 is 1. The minimum absolute atomic E-state index is 0.455. The zero-order chi connectivity index (χ0) is 10.6. The van der Waals surface area contributed by atoms with E-state index in [1.54, 1.807) is 7.11 Å². The summed E-state index contributed by atoms with van der Waals surface area (Å²) in [4.78, 5) is 0. The first-order valence-corrected chi connectivity index (χ1v) is 5.20. The van der Waals surface area contributed by atoms with Crippen LogP contribution in [0.15, 0.2) is 22.7 Å². The Morgan fingerprint density at radius 1 is 1.57 bits per heavy atom. The van der Waals surface area contributed by atoms with Gasteiger partial charge in [-0.3, -0.25) is 0 Å². The fourth-order valence-electron chi connectivity index (χ4n) is 1.32. The molecule has 0 radical (unpaired) electrons. The molecule has 1 unspecified atom stereocenters. The molecule has 1 aromatic rings. The van der Waals surface area contributed by atoms with Crippen molar-refractivity contribution in [3.05, 3.63) is 28.2 Å². The molecule has 0 aliphatic rings. The maximum Gasteiger partial charge on any atom is 0.138 e. The number of hydrogen-bond donors (Lipinski definition) is 2. The lowest BCUT2D eigenvalue weighted by Crippen LogP contribution is -2.08. The van der Waals surface area contributed by atoms with E-state index in [1.807, 2.05) is 18.2 Å². The van der Waals surface area contributed by atoms with E-state index >= 15 is 0 Å². The van der Waals surface area contributed by atoms with Crippen molar-refractivity contribution < 1.29 is 9.84 Å². The molecule has 0 aliphatic carbocycles. The molecule has 0 aliphatic heterocycles. The molecule has 0 fully saturated rings. The van der Waals surface area contributed by atoms with Gasteiger partial charge in [-0.05, 0) is 35.0 Å². The Hall–Kier alpha value is -0.580. The standard InChI is InChI=1S/C10H14BrNO2/c1-14-10-7(9(13)5-6-12)3-2-4-8(10)11/h2-4,9,13H,5-6,12H2,1H3. The molecule has 1 atom stereocenters. The summed E-state index contributed by atoms with van der Waals surface area (Å²) >= 11 is 3.36. The Morgan fingerprint density at radius 2 is 2.29 bits per heavy atom. The summed E-state index contributed by atoms with van der Waals surface area (Å²) in [6.07, 6.45) is -0.0280. The maximum absolute atomic E-state index is 9.78. The summed E-state index contributed by atoms with van der Waals surface area (Å²) in [5.41, 5.74) is 6.15. The van der Waals surface area contributed by atoms with Crippen LogP contribution >= 0.6 is 15.9 Å². The van der Waals surface area contributed by atoms with Crippen molar-refractivity contribution >= 4 is 15.9 Å². The number of rotatable bonds is 4. The summed E-state index contributed by atoms with van der Waals surface area (Å²) in [6.45, 7) is 0.455. The van der Waals surface area contributed by atoms with Gasteiger partial charge in [0.05, 0.1) is 17.7 Å². The van der Waals surface area contributed by atoms with Crippen LogP contribution in [-0.2, 0) is 0 Å². The molecule has 3 N–H and O–H groups in total. The smallest absolute Gasteiger partial charge is 0.138 e. The Bertz CT molecular complexity index is 304. The summed E-state index contributed by atoms with van der Waals surface area (Å²) in [5.74, 6) is 0.674. The number of halogens is 1. The van der Waals surface area contributed by atoms with Crippen LogP contribution < -0.4 is 10.5 Å². The van der Waals surface area contributed by atoms with Crippen LogP contribution in [0.5, 0.6) is 5.75 Å². The second-order valence-corrected chi connectivity index (χ2v) is 3.81. The van der Waals surface area contributed by atoms with Gasteiger partial charge in [-0.1, -0.05) is 12.1 Å². The molecule has 0 aromatic heterocycles. The van der Waals surface area contributed by atoms with Crippen molar-refractivity contribution in [1.82, 2.24) is 0 Å². The van der Waals surface area contributed by atoms with Gasteiger partial charge in [0.15, 0.2) is 0 Å². The summed E-state index contributed by atoms with van der Waals surface area (Å²) < 4.78 is 6.04. The summed E-state index contributed by atoms with van der Waals surface area (Å²) in [6, 6.07) is 5.57. The lowest BCUT2D eigenvalue weighted by molar-refractivity contribution is 0.166. The zero-order valence-corrected chi connectivity index (χ0v) is 9.62. The molecular weight excluding hydrogens is 246 g/mol. The van der Waals surface area contributed by atoms with Crippen LogP contribution in [0.25, 0.3) is 0 Å². The highest BCUT2D eigenvalue weighted by Gasteiger charge is 2.14. The molecule has 0 saturated heterocycles. The third-order valence-electron chi connectivity index (χ3n) is 2.00. The minimum atomic E-state index is -0.563. The molecule has 4 heteroatoms. The fraction of sp³-hybridized carbons (Fsp3) is 0.400. The molecule has 0 amide bonds. The molecule has 0 bridgehead atoms. The Balaban J connectivity index is 3.00. The van der Waals surface area contributed by atoms with E-state index < -0.39 is 6.10 Å². The number of hydrogen-bond acceptors (Lipinski definition) is 3. The van der Waals surface area contributed by atoms with Crippen LogP contribution in [0.1, 0.15) is 18.1 Å². The third kappa shape index (κ3) is 2.47. The first-order valence-electron chi connectivity index (χ1n) is 4.41. The second kappa shape index (κ2) is 5.34. The first-order chi connectivity index (χ1) is 6.70. The first kappa shape index (κ1) is 11.5. The van der Waals surface area contributed by atoms with Crippen LogP contribution in [-0.4, -0.2) is 18.8 Å². The van der Waals surface area contributed by atoms with Crippen molar-refractivity contribution in [3.63, 3.8) is 0 Å². The van der Waals surface area contributed by atoms with Crippen molar-refractivity contribution in [3.8, 4) is 5.75 Å². The molecule has 3 nitrogen and oxygen atoms in total. The molecule has 78 valence electrons. The third-order valence-corrected chi connectivity index (χ3v) is 2.63. The van der Waals surface area contributed by atoms with Crippen molar-refractivity contribution in [2.75, 3.05) is 13.7 Å². The van der Waals surface area contributed by atoms with Gasteiger partial charge < -0.3 is 15.6 Å². The van der Waals surface area contributed by atoms with Gasteiger partial charge >= 0.3 is 0 Å². The quantitative estimate of drug-likeness (QED) is 0.868. The van der Waals surface area contributed by atoms with Crippen molar-refractivity contribution in [2.24, 2.45) is 5.73 Å². The van der Waals surface area contributed by atoms with E-state index in [-0.39, 0.29) is 0 Å². The van der Waals surface area contributed by atoms with Gasteiger partial charge in [-0.25, -0.2) is 0 Å². The molecule has 14 heavy (non-hydrogen) atoms. The van der Waals surface area contributed by atoms with Gasteiger partial charge in [0, 0.05) is 5.56 Å². The lowest BCUT2D eigenvalue weighted by Gasteiger charge is -2.14. The highest BCUT2D eigenvalue weighted by molar-refractivity contribution is 9.10. The number of para-hydroxylation sites is 1. The highest BCUT2D eigenvalue weighted by Crippen LogP contribution is 2.33. The number of benzene rings is 1. The Morgan fingerprint density at radius 3 is 2.86 bits per heavy atom. The van der Waals surface area contributed by atoms with E-state index in [0.29, 0.717) is 18.7 Å². The normalized spacial score (nSPS) is 12.6. The molecule has 0 spiro atoms. The number of aliphatic hydroxyl groups is 1. The summed E-state index contributed by atoms with van der Waals surface area (Å²) in [7, 11) is 1.58. The Labute approximate surface area is 92.0 Å². The van der Waals surface area contributed by atoms with E-state index in [9.17, 15) is 5.11 Å². The summed E-state index contributed by atoms with van der Waals surface area (Å²) in [5, 5.41) is 9.78. The van der Waals surface area contributed by atoms with Crippen LogP contribution in [0.3, 0.4) is 0 Å². The van der Waals surface area contributed by atoms with E-state index in [1.165, 1.54) is 0 Å². The zero-order valence-electron chi connectivity index (χ0n) is 8.03. The number of ether oxygens (including phenoxy) is 1. The number of aliphatic hydroxyl groups excluding tert-OH is 1. The average molecular weight is 260 g/mol. The molecule has 0 saturated carbocycles. The topological polar surface area (TPSA) is 55.5 Å². The van der Waals surface area contributed by atoms with E-state index in [0.717, 1.165) is 10.0 Å². The molecule has 1 rings (SSSR count). The van der Waals surface area contributed by atoms with Gasteiger partial charge in [-0.15, -0.1) is 0 Å². The second-order valence-electron chi connectivity index (χ2n) is 2.96. The van der Waals surface area contributed by atoms with Crippen LogP contribution in [0, 0.1) is 0 Å². The molecule has 0 heterocycles. The van der Waals surface area contributed by atoms with Gasteiger partial charge in [0.2, 0.25) is 0 Å². The predicted molar refractivity (Wildman–Crippen MR) is 59.3 cm³/mol. The largest absolute Gasteiger partial charge is 0.495 e. The highest BCUT2D eigenvalue weighted by atomic mass is 79.9. The SMILES string of the molecule is COc1c(Br)cccc1C(O)CCN. The number of nitrogens with two attached hydrogens (primary N) is 1. The van der Waals surface area contributed by atoms with Crippen molar-refractivity contribution in [1.29, 1.82) is 0 Å². The van der Waals surface area contributed by atoms with E-state index in [2.05, 4.69) is 15.9 Å². The van der Waals surface area contributed by atoms with Crippen LogP contribution in [0.4, 0.5) is 0 Å². The van der Waals surface area contributed by atoms with Crippen LogP contribution in [0.2, 0.25) is 0 Å². The molecule has 1 aromatic carbocycles. The molecular formula is C10H14BrNO2. The fourth-order valence-corrected chi connectivity index (χ4v) is 1.86. The minimum Gasteiger partial charge on any atom is -0.495 e. The van der Waals surface area contributed by atoms with Crippen molar-refractivity contribution in [2.45, 2.75) is 12.5 Å². The lowest BCUT2D eigenvalue weighted by atomic mass is 10.1. The Kier molecular flexibility index (Phi) is 4.38. The monoisotopic (exact) mass is 259 g/mol.